The van der Waals surface area contributed by atoms with E-state index in [4.69, 9.17) is 4.74 Å². The topological polar surface area (TPSA) is 21.3 Å². The van der Waals surface area contributed by atoms with E-state index >= 15 is 0 Å². The van der Waals surface area contributed by atoms with Gasteiger partial charge in [-0.15, -0.1) is 0 Å². The third kappa shape index (κ3) is 14.3. The van der Waals surface area contributed by atoms with Gasteiger partial charge in [-0.2, -0.15) is 11.8 Å². The molecule has 0 rings (SSSR count). The molecule has 0 aliphatic rings. The number of thioether (sulfide) groups is 1. The largest absolute Gasteiger partial charge is 0.380 e. The third-order valence-electron chi connectivity index (χ3n) is 2.21. The Bertz CT molecular complexity index is 120. The zero-order valence-corrected chi connectivity index (χ0v) is 11.4. The lowest BCUT2D eigenvalue weighted by Crippen LogP contribution is -2.21. The Balaban J connectivity index is 2.87. The van der Waals surface area contributed by atoms with Crippen molar-refractivity contribution in [3.8, 4) is 0 Å². The number of hydrogen-bond acceptors (Lipinski definition) is 3. The molecule has 0 radical (unpaired) electrons. The Morgan fingerprint density at radius 2 is 1.93 bits per heavy atom. The van der Waals surface area contributed by atoms with E-state index < -0.39 is 0 Å². The van der Waals surface area contributed by atoms with Crippen molar-refractivity contribution >= 4 is 11.8 Å². The van der Waals surface area contributed by atoms with Crippen LogP contribution in [-0.2, 0) is 4.74 Å². The van der Waals surface area contributed by atoms with Gasteiger partial charge in [-0.1, -0.05) is 13.8 Å². The van der Waals surface area contributed by atoms with E-state index in [0.29, 0.717) is 0 Å². The van der Waals surface area contributed by atoms with E-state index in [0.717, 1.165) is 32.2 Å². The van der Waals surface area contributed by atoms with E-state index in [-0.39, 0.29) is 0 Å². The molecule has 0 heterocycles. The van der Waals surface area contributed by atoms with Crippen LogP contribution < -0.4 is 5.32 Å². The monoisotopic (exact) mass is 233 g/mol. The molecular weight excluding hydrogens is 206 g/mol. The lowest BCUT2D eigenvalue weighted by Gasteiger charge is -2.07. The maximum Gasteiger partial charge on any atom is 0.0590 e. The number of ether oxygens (including phenoxy) is 1. The molecule has 15 heavy (non-hydrogen) atoms. The van der Waals surface area contributed by atoms with Gasteiger partial charge in [-0.05, 0) is 43.7 Å². The van der Waals surface area contributed by atoms with Gasteiger partial charge in [-0.25, -0.2) is 0 Å². The molecule has 92 valence electrons. The zero-order chi connectivity index (χ0) is 11.4. The van der Waals surface area contributed by atoms with Gasteiger partial charge >= 0.3 is 0 Å². The van der Waals surface area contributed by atoms with Gasteiger partial charge in [0, 0.05) is 13.2 Å². The Labute approximate surface area is 99.5 Å². The Morgan fingerprint density at radius 1 is 1.13 bits per heavy atom. The summed E-state index contributed by atoms with van der Waals surface area (Å²) >= 11 is 1.93. The second-order valence-electron chi connectivity index (χ2n) is 4.24. The molecule has 0 aromatic heterocycles. The summed E-state index contributed by atoms with van der Waals surface area (Å²) in [7, 11) is 0. The van der Waals surface area contributed by atoms with Crippen molar-refractivity contribution in [3.63, 3.8) is 0 Å². The lowest BCUT2D eigenvalue weighted by atomic mass is 10.1. The first kappa shape index (κ1) is 15.3. The van der Waals surface area contributed by atoms with Gasteiger partial charge in [0.1, 0.15) is 0 Å². The summed E-state index contributed by atoms with van der Waals surface area (Å²) in [5.41, 5.74) is 0. The van der Waals surface area contributed by atoms with Gasteiger partial charge < -0.3 is 10.1 Å². The fourth-order valence-corrected chi connectivity index (χ4v) is 1.68. The first-order valence-electron chi connectivity index (χ1n) is 6.04. The molecule has 0 unspecified atom stereocenters. The van der Waals surface area contributed by atoms with Gasteiger partial charge in [0.25, 0.3) is 0 Å². The van der Waals surface area contributed by atoms with Crippen LogP contribution in [0, 0.1) is 5.92 Å². The molecule has 3 heteroatoms. The van der Waals surface area contributed by atoms with E-state index in [9.17, 15) is 0 Å². The highest BCUT2D eigenvalue weighted by Gasteiger charge is 1.93. The highest BCUT2D eigenvalue weighted by atomic mass is 32.2. The first-order chi connectivity index (χ1) is 7.27. The number of nitrogens with one attached hydrogen (secondary N) is 1. The quantitative estimate of drug-likeness (QED) is 0.555. The highest BCUT2D eigenvalue weighted by molar-refractivity contribution is 7.98. The summed E-state index contributed by atoms with van der Waals surface area (Å²) in [4.78, 5) is 0. The molecule has 0 fully saturated rings. The molecule has 0 amide bonds. The molecule has 0 aromatic rings. The van der Waals surface area contributed by atoms with Crippen LogP contribution in [0.2, 0.25) is 0 Å². The van der Waals surface area contributed by atoms with E-state index in [2.05, 4.69) is 25.4 Å². The van der Waals surface area contributed by atoms with Crippen LogP contribution in [0.25, 0.3) is 0 Å². The Hall–Kier alpha value is 0.270. The van der Waals surface area contributed by atoms with E-state index in [1.807, 2.05) is 11.8 Å². The normalized spacial score (nSPS) is 11.2. The lowest BCUT2D eigenvalue weighted by molar-refractivity contribution is 0.125. The molecular formula is C12H27NOS. The Kier molecular flexibility index (Phi) is 12.6. The molecule has 0 spiro atoms. The Morgan fingerprint density at radius 3 is 2.60 bits per heavy atom. The van der Waals surface area contributed by atoms with Crippen LogP contribution in [0.3, 0.4) is 0 Å². The average molecular weight is 233 g/mol. The summed E-state index contributed by atoms with van der Waals surface area (Å²) in [6.45, 7) is 8.35. The molecule has 0 saturated carbocycles. The molecule has 2 nitrogen and oxygen atoms in total. The first-order valence-corrected chi connectivity index (χ1v) is 7.44. The minimum absolute atomic E-state index is 0.754. The van der Waals surface area contributed by atoms with Gasteiger partial charge in [-0.3, -0.25) is 0 Å². The molecule has 0 aromatic carbocycles. The van der Waals surface area contributed by atoms with Crippen molar-refractivity contribution in [2.75, 3.05) is 38.3 Å². The van der Waals surface area contributed by atoms with Crippen LogP contribution in [0.1, 0.15) is 33.1 Å². The van der Waals surface area contributed by atoms with Crippen molar-refractivity contribution in [2.24, 2.45) is 5.92 Å². The predicted octanol–water partition coefficient (Wildman–Crippen LogP) is 2.78. The molecule has 0 saturated heterocycles. The van der Waals surface area contributed by atoms with Crippen molar-refractivity contribution < 1.29 is 4.74 Å². The van der Waals surface area contributed by atoms with Gasteiger partial charge in [0.15, 0.2) is 0 Å². The maximum atomic E-state index is 5.51. The van der Waals surface area contributed by atoms with Crippen LogP contribution in [0.5, 0.6) is 0 Å². The van der Waals surface area contributed by atoms with Crippen molar-refractivity contribution in [1.29, 1.82) is 0 Å². The second-order valence-corrected chi connectivity index (χ2v) is 5.23. The number of unbranched alkanes of at least 4 members (excludes halogenated alkanes) is 1. The maximum absolute atomic E-state index is 5.51. The minimum Gasteiger partial charge on any atom is -0.380 e. The van der Waals surface area contributed by atoms with E-state index in [1.165, 1.54) is 25.0 Å². The van der Waals surface area contributed by atoms with Crippen molar-refractivity contribution in [2.45, 2.75) is 33.1 Å². The molecule has 1 N–H and O–H groups in total. The summed E-state index contributed by atoms with van der Waals surface area (Å²) in [6.07, 6.45) is 5.94. The fourth-order valence-electron chi connectivity index (χ4n) is 1.19. The smallest absolute Gasteiger partial charge is 0.0590 e. The standard InChI is InChI=1S/C12H27NOS/c1-12(2)6-9-14-10-8-13-7-4-5-11-15-3/h12-13H,4-11H2,1-3H3. The summed E-state index contributed by atoms with van der Waals surface area (Å²) < 4.78 is 5.51. The van der Waals surface area contributed by atoms with Gasteiger partial charge in [0.2, 0.25) is 0 Å². The van der Waals surface area contributed by atoms with Crippen molar-refractivity contribution in [1.82, 2.24) is 5.32 Å². The third-order valence-corrected chi connectivity index (χ3v) is 2.91. The summed E-state index contributed by atoms with van der Waals surface area (Å²) in [5.74, 6) is 2.04. The molecule has 0 bridgehead atoms. The summed E-state index contributed by atoms with van der Waals surface area (Å²) in [6, 6.07) is 0. The van der Waals surface area contributed by atoms with Crippen LogP contribution in [0.15, 0.2) is 0 Å². The summed E-state index contributed by atoms with van der Waals surface area (Å²) in [5, 5.41) is 3.40. The van der Waals surface area contributed by atoms with Crippen LogP contribution in [0.4, 0.5) is 0 Å². The second kappa shape index (κ2) is 12.3. The molecule has 0 aliphatic heterocycles. The fraction of sp³-hybridized carbons (Fsp3) is 1.00. The molecule has 0 aliphatic carbocycles. The predicted molar refractivity (Wildman–Crippen MR) is 70.8 cm³/mol. The number of hydrogen-bond donors (Lipinski definition) is 1. The average Bonchev–Trinajstić information content (AvgIpc) is 2.20. The van der Waals surface area contributed by atoms with Crippen LogP contribution >= 0.6 is 11.8 Å². The highest BCUT2D eigenvalue weighted by Crippen LogP contribution is 1.98. The minimum atomic E-state index is 0.754. The molecule has 0 atom stereocenters. The SMILES string of the molecule is CSCCCCNCCOCCC(C)C. The van der Waals surface area contributed by atoms with Crippen LogP contribution in [-0.4, -0.2) is 38.3 Å². The van der Waals surface area contributed by atoms with Gasteiger partial charge in [0.05, 0.1) is 6.61 Å². The van der Waals surface area contributed by atoms with Crippen molar-refractivity contribution in [3.05, 3.63) is 0 Å². The zero-order valence-electron chi connectivity index (χ0n) is 10.6. The number of rotatable bonds is 11. The van der Waals surface area contributed by atoms with E-state index in [1.54, 1.807) is 0 Å².